The monoisotopic (exact) mass is 567 g/mol. The number of nitrogens with zero attached hydrogens (tertiary/aromatic N) is 1. The number of hydrogen-bond acceptors (Lipinski definition) is 10. The van der Waals surface area contributed by atoms with Crippen LogP contribution in [0.1, 0.15) is 33.9 Å². The number of para-hydroxylation sites is 1. The Labute approximate surface area is 224 Å². The number of H-pyrrole nitrogens is 1. The second-order valence-corrected chi connectivity index (χ2v) is 11.9. The van der Waals surface area contributed by atoms with Crippen molar-refractivity contribution in [2.75, 3.05) is 6.61 Å². The van der Waals surface area contributed by atoms with Gasteiger partial charge >= 0.3 is 18.3 Å². The van der Waals surface area contributed by atoms with Crippen molar-refractivity contribution >= 4 is 24.4 Å². The van der Waals surface area contributed by atoms with E-state index in [0.717, 1.165) is 16.8 Å². The van der Waals surface area contributed by atoms with Crippen LogP contribution in [0.3, 0.4) is 0 Å². The van der Waals surface area contributed by atoms with Crippen LogP contribution < -0.4 is 20.9 Å². The second kappa shape index (κ2) is 12.4. The van der Waals surface area contributed by atoms with E-state index in [2.05, 4.69) is 21.9 Å². The van der Waals surface area contributed by atoms with Crippen molar-refractivity contribution in [1.82, 2.24) is 14.6 Å². The Hall–Kier alpha value is -2.82. The summed E-state index contributed by atoms with van der Waals surface area (Å²) < 4.78 is 23.8. The third kappa shape index (κ3) is 6.98. The first-order valence-corrected chi connectivity index (χ1v) is 14.3. The van der Waals surface area contributed by atoms with Crippen LogP contribution >= 0.6 is 6.64 Å². The number of carbonyl (C=O) groups excluding carboxylic acids is 1. The van der Waals surface area contributed by atoms with Crippen LogP contribution in [-0.2, 0) is 30.6 Å². The van der Waals surface area contributed by atoms with Gasteiger partial charge in [0.15, 0.2) is 11.8 Å². The Bertz CT molecular complexity index is 1350. The molecule has 1 aliphatic heterocycles. The van der Waals surface area contributed by atoms with Crippen LogP contribution in [0, 0.1) is 11.8 Å². The smallest absolute Gasteiger partial charge is 0.330 e. The molecule has 0 spiro atoms. The number of benzene rings is 1. The van der Waals surface area contributed by atoms with Gasteiger partial charge in [0.25, 0.3) is 5.56 Å². The van der Waals surface area contributed by atoms with E-state index in [9.17, 15) is 24.6 Å². The van der Waals surface area contributed by atoms with E-state index in [-0.39, 0.29) is 6.10 Å². The summed E-state index contributed by atoms with van der Waals surface area (Å²) in [6.07, 6.45) is -3.60. The summed E-state index contributed by atoms with van der Waals surface area (Å²) in [5.74, 6) is 4.81. The predicted octanol–water partition coefficient (Wildman–Crippen LogP) is 0.799. The SMILES string of the molecule is CC#C[C@@]1(O)[C@H](O)[C@@H](COP(=S)(NC(C)C(=O)OC(C)C)Oc2ccccc2)O[C@H]1n1ccc(=O)[nH]c1=O. The molecule has 2 unspecified atom stereocenters. The standard InChI is InChI=1S/C24H30N3O9PS/c1-5-12-24(32)20(29)18(35-22(24)27-13-11-19(28)25-23(27)31)14-33-37(38,36-17-9-7-6-8-10-17)26-16(4)21(30)34-15(2)3/h6-11,13,15-16,18,20,22,29,32H,14H2,1-4H3,(H,26,38)(H,25,28,31)/t16?,18-,20-,22-,24-,37?/m1/s1. The molecular formula is C24H30N3O9PS. The lowest BCUT2D eigenvalue weighted by atomic mass is 9.94. The van der Waals surface area contributed by atoms with Crippen LogP contribution in [0.15, 0.2) is 52.2 Å². The number of aromatic amines is 1. The summed E-state index contributed by atoms with van der Waals surface area (Å²) >= 11 is 5.66. The van der Waals surface area contributed by atoms with Crippen LogP contribution in [-0.4, -0.2) is 62.3 Å². The van der Waals surface area contributed by atoms with E-state index < -0.39 is 60.5 Å². The molecule has 1 saturated heterocycles. The largest absolute Gasteiger partial charge is 0.462 e. The lowest BCUT2D eigenvalue weighted by Crippen LogP contribution is -2.48. The van der Waals surface area contributed by atoms with E-state index in [1.165, 1.54) is 6.92 Å². The fourth-order valence-corrected chi connectivity index (χ4v) is 6.05. The molecule has 14 heteroatoms. The number of rotatable bonds is 10. The third-order valence-electron chi connectivity index (χ3n) is 5.35. The minimum Gasteiger partial charge on any atom is -0.462 e. The topological polar surface area (TPSA) is 161 Å². The second-order valence-electron chi connectivity index (χ2n) is 8.72. The molecule has 2 aromatic rings. The first-order chi connectivity index (χ1) is 17.9. The van der Waals surface area contributed by atoms with Gasteiger partial charge in [0.2, 0.25) is 0 Å². The zero-order valence-electron chi connectivity index (χ0n) is 21.2. The Kier molecular flexibility index (Phi) is 9.67. The van der Waals surface area contributed by atoms with Gasteiger partial charge < -0.3 is 28.7 Å². The van der Waals surface area contributed by atoms with Gasteiger partial charge in [-0.1, -0.05) is 24.1 Å². The van der Waals surface area contributed by atoms with Gasteiger partial charge in [0, 0.05) is 12.3 Å². The Morgan fingerprint density at radius 3 is 2.58 bits per heavy atom. The third-order valence-corrected chi connectivity index (χ3v) is 7.85. The Morgan fingerprint density at radius 2 is 1.97 bits per heavy atom. The molecule has 0 aliphatic carbocycles. The maximum Gasteiger partial charge on any atom is 0.330 e. The average Bonchev–Trinajstić information content (AvgIpc) is 3.08. The first kappa shape index (κ1) is 29.7. The number of aliphatic hydroxyl groups excluding tert-OH is 1. The molecule has 4 N–H and O–H groups in total. The zero-order chi connectivity index (χ0) is 28.1. The van der Waals surface area contributed by atoms with Gasteiger partial charge in [-0.2, -0.15) is 0 Å². The van der Waals surface area contributed by atoms with Gasteiger partial charge in [0.1, 0.15) is 24.0 Å². The van der Waals surface area contributed by atoms with Crippen molar-refractivity contribution in [2.45, 2.75) is 63.9 Å². The summed E-state index contributed by atoms with van der Waals surface area (Å²) in [6.45, 7) is 2.51. The molecule has 1 aromatic carbocycles. The molecule has 2 heterocycles. The molecule has 3 rings (SSSR count). The number of ether oxygens (including phenoxy) is 2. The number of aromatic nitrogens is 2. The minimum absolute atomic E-state index is 0.354. The fourth-order valence-electron chi connectivity index (χ4n) is 3.64. The maximum atomic E-state index is 12.4. The molecule has 1 aliphatic rings. The summed E-state index contributed by atoms with van der Waals surface area (Å²) in [5.41, 5.74) is -3.75. The molecule has 0 radical (unpaired) electrons. The molecular weight excluding hydrogens is 537 g/mol. The van der Waals surface area contributed by atoms with E-state index in [0.29, 0.717) is 5.75 Å². The van der Waals surface area contributed by atoms with Gasteiger partial charge in [-0.15, -0.1) is 5.92 Å². The predicted molar refractivity (Wildman–Crippen MR) is 141 cm³/mol. The van der Waals surface area contributed by atoms with E-state index in [1.807, 2.05) is 0 Å². The van der Waals surface area contributed by atoms with Crippen molar-refractivity contribution in [3.05, 3.63) is 63.4 Å². The number of carbonyl (C=O) groups is 1. The number of aliphatic hydroxyl groups is 2. The normalized spacial score (nSPS) is 25.2. The van der Waals surface area contributed by atoms with Crippen LogP contribution in [0.5, 0.6) is 5.75 Å². The van der Waals surface area contributed by atoms with Crippen LogP contribution in [0.4, 0.5) is 0 Å². The number of nitrogens with one attached hydrogen (secondary N) is 2. The van der Waals surface area contributed by atoms with Crippen molar-refractivity contribution in [3.63, 3.8) is 0 Å². The highest BCUT2D eigenvalue weighted by molar-refractivity contribution is 8.09. The molecule has 206 valence electrons. The summed E-state index contributed by atoms with van der Waals surface area (Å²) in [5, 5.41) is 25.1. The van der Waals surface area contributed by atoms with Gasteiger partial charge in [-0.3, -0.25) is 19.1 Å². The highest BCUT2D eigenvalue weighted by atomic mass is 32.5. The minimum atomic E-state index is -3.48. The quantitative estimate of drug-likeness (QED) is 0.183. The molecule has 1 fully saturated rings. The van der Waals surface area contributed by atoms with E-state index in [4.69, 9.17) is 30.3 Å². The number of hydrogen-bond donors (Lipinski definition) is 4. The highest BCUT2D eigenvalue weighted by Crippen LogP contribution is 2.47. The van der Waals surface area contributed by atoms with Gasteiger partial charge in [0.05, 0.1) is 12.7 Å². The maximum absolute atomic E-state index is 12.4. The van der Waals surface area contributed by atoms with Gasteiger partial charge in [-0.25, -0.2) is 9.88 Å². The molecule has 0 amide bonds. The lowest BCUT2D eigenvalue weighted by molar-refractivity contribution is -0.149. The van der Waals surface area contributed by atoms with Gasteiger partial charge in [-0.05, 0) is 51.6 Å². The Morgan fingerprint density at radius 1 is 1.29 bits per heavy atom. The molecule has 0 bridgehead atoms. The van der Waals surface area contributed by atoms with Crippen molar-refractivity contribution in [3.8, 4) is 17.6 Å². The summed E-state index contributed by atoms with van der Waals surface area (Å²) in [4.78, 5) is 38.4. The number of esters is 1. The molecule has 6 atom stereocenters. The fraction of sp³-hybridized carbons (Fsp3) is 0.458. The van der Waals surface area contributed by atoms with Crippen molar-refractivity contribution in [2.24, 2.45) is 0 Å². The van der Waals surface area contributed by atoms with E-state index >= 15 is 0 Å². The summed E-state index contributed by atoms with van der Waals surface area (Å²) in [6, 6.07) is 8.70. The van der Waals surface area contributed by atoms with E-state index in [1.54, 1.807) is 51.1 Å². The average molecular weight is 568 g/mol. The lowest BCUT2D eigenvalue weighted by Gasteiger charge is -2.28. The molecule has 1 aromatic heterocycles. The molecule has 38 heavy (non-hydrogen) atoms. The molecule has 0 saturated carbocycles. The Balaban J connectivity index is 1.86. The highest BCUT2D eigenvalue weighted by Gasteiger charge is 2.56. The summed E-state index contributed by atoms with van der Waals surface area (Å²) in [7, 11) is 0. The molecule has 12 nitrogen and oxygen atoms in total. The first-order valence-electron chi connectivity index (χ1n) is 11.7. The van der Waals surface area contributed by atoms with Crippen molar-refractivity contribution < 1.29 is 33.5 Å². The van der Waals surface area contributed by atoms with Crippen LogP contribution in [0.25, 0.3) is 0 Å². The van der Waals surface area contributed by atoms with Crippen molar-refractivity contribution in [1.29, 1.82) is 0 Å². The zero-order valence-corrected chi connectivity index (χ0v) is 22.9. The van der Waals surface area contributed by atoms with Crippen LogP contribution in [0.2, 0.25) is 0 Å².